The number of aromatic nitrogens is 4. The topological polar surface area (TPSA) is 80.9 Å². The summed E-state index contributed by atoms with van der Waals surface area (Å²) in [5.41, 5.74) is -1.54. The van der Waals surface area contributed by atoms with Crippen LogP contribution in [0.25, 0.3) is 0 Å². The molecule has 0 unspecified atom stereocenters. The number of carboxylic acid groups (broad SMARTS) is 1. The molecule has 1 rings (SSSR count). The monoisotopic (exact) mass is 188 g/mol. The summed E-state index contributed by atoms with van der Waals surface area (Å²) in [4.78, 5) is 10.5. The predicted molar refractivity (Wildman–Crippen MR) is 40.0 cm³/mol. The Hall–Kier alpha value is -1.53. The van der Waals surface area contributed by atoms with Crippen LogP contribution in [-0.4, -0.2) is 37.0 Å². The maximum atomic E-state index is 13.1. The summed E-state index contributed by atoms with van der Waals surface area (Å²) < 4.78 is 14.0. The van der Waals surface area contributed by atoms with Gasteiger partial charge in [0.15, 0.2) is 0 Å². The highest BCUT2D eigenvalue weighted by Gasteiger charge is 2.22. The molecule has 0 aliphatic heterocycles. The molecule has 0 aliphatic rings. The standard InChI is InChI=1S/C6H9FN4O2/c1-6(2,7)3-11-4(5(12)13)8-9-10-11/h3H2,1-2H3,(H,12,13). The molecule has 0 fully saturated rings. The van der Waals surface area contributed by atoms with Crippen LogP contribution in [0.3, 0.4) is 0 Å². The van der Waals surface area contributed by atoms with Crippen LogP contribution in [0.2, 0.25) is 0 Å². The van der Waals surface area contributed by atoms with Gasteiger partial charge in [-0.25, -0.2) is 13.9 Å². The van der Waals surface area contributed by atoms with Crippen LogP contribution in [0, 0.1) is 0 Å². The molecule has 0 atom stereocenters. The van der Waals surface area contributed by atoms with Crippen molar-refractivity contribution in [3.8, 4) is 0 Å². The third-order valence-corrected chi connectivity index (χ3v) is 1.25. The van der Waals surface area contributed by atoms with Gasteiger partial charge in [0.2, 0.25) is 0 Å². The van der Waals surface area contributed by atoms with Crippen LogP contribution in [0.15, 0.2) is 0 Å². The number of alkyl halides is 1. The second-order valence-corrected chi connectivity index (χ2v) is 3.18. The molecule has 1 heterocycles. The zero-order chi connectivity index (χ0) is 10.1. The van der Waals surface area contributed by atoms with Gasteiger partial charge in [-0.2, -0.15) is 0 Å². The van der Waals surface area contributed by atoms with E-state index in [4.69, 9.17) is 5.11 Å². The lowest BCUT2D eigenvalue weighted by molar-refractivity contribution is 0.0670. The highest BCUT2D eigenvalue weighted by atomic mass is 19.1. The Morgan fingerprint density at radius 1 is 1.69 bits per heavy atom. The van der Waals surface area contributed by atoms with Crippen LogP contribution in [0.1, 0.15) is 24.5 Å². The summed E-state index contributed by atoms with van der Waals surface area (Å²) in [7, 11) is 0. The molecule has 0 radical (unpaired) electrons. The van der Waals surface area contributed by atoms with Crippen LogP contribution in [-0.2, 0) is 6.54 Å². The summed E-state index contributed by atoms with van der Waals surface area (Å²) in [5.74, 6) is -1.63. The van der Waals surface area contributed by atoms with E-state index in [1.54, 1.807) is 0 Å². The largest absolute Gasteiger partial charge is 0.475 e. The van der Waals surface area contributed by atoms with Crippen LogP contribution < -0.4 is 0 Å². The Morgan fingerprint density at radius 3 is 2.77 bits per heavy atom. The van der Waals surface area contributed by atoms with Crippen LogP contribution >= 0.6 is 0 Å². The van der Waals surface area contributed by atoms with Gasteiger partial charge in [-0.1, -0.05) is 0 Å². The normalized spacial score (nSPS) is 11.6. The summed E-state index contributed by atoms with van der Waals surface area (Å²) in [6, 6.07) is 0. The molecule has 72 valence electrons. The fourth-order valence-electron chi connectivity index (χ4n) is 0.820. The maximum absolute atomic E-state index is 13.1. The van der Waals surface area contributed by atoms with Gasteiger partial charge in [-0.05, 0) is 24.3 Å². The first-order valence-corrected chi connectivity index (χ1v) is 3.58. The van der Waals surface area contributed by atoms with E-state index in [2.05, 4.69) is 15.5 Å². The van der Waals surface area contributed by atoms with Crippen molar-refractivity contribution in [2.75, 3.05) is 0 Å². The number of carbonyl (C=O) groups is 1. The Kier molecular flexibility index (Phi) is 2.26. The molecule has 0 aliphatic carbocycles. The van der Waals surface area contributed by atoms with Crippen LogP contribution in [0.4, 0.5) is 4.39 Å². The molecule has 0 amide bonds. The Balaban J connectivity index is 2.89. The zero-order valence-electron chi connectivity index (χ0n) is 7.23. The van der Waals surface area contributed by atoms with Gasteiger partial charge in [0.25, 0.3) is 5.82 Å². The molecule has 1 aromatic rings. The van der Waals surface area contributed by atoms with Crippen molar-refractivity contribution in [2.45, 2.75) is 26.1 Å². The van der Waals surface area contributed by atoms with E-state index < -0.39 is 11.6 Å². The minimum atomic E-state index is -1.54. The van der Waals surface area contributed by atoms with Crippen molar-refractivity contribution in [2.24, 2.45) is 0 Å². The number of rotatable bonds is 3. The first-order chi connectivity index (χ1) is 5.90. The van der Waals surface area contributed by atoms with Crippen molar-refractivity contribution < 1.29 is 14.3 Å². The highest BCUT2D eigenvalue weighted by molar-refractivity contribution is 5.82. The second kappa shape index (κ2) is 3.08. The number of halogens is 1. The van der Waals surface area contributed by atoms with Gasteiger partial charge < -0.3 is 5.11 Å². The van der Waals surface area contributed by atoms with Gasteiger partial charge >= 0.3 is 5.97 Å². The number of carboxylic acids is 1. The molecule has 6 nitrogen and oxygen atoms in total. The van der Waals surface area contributed by atoms with Gasteiger partial charge in [0.05, 0.1) is 6.54 Å². The third kappa shape index (κ3) is 2.46. The molecular formula is C6H9FN4O2. The van der Waals surface area contributed by atoms with E-state index in [1.165, 1.54) is 13.8 Å². The smallest absolute Gasteiger partial charge is 0.375 e. The lowest BCUT2D eigenvalue weighted by atomic mass is 10.2. The molecule has 0 bridgehead atoms. The first kappa shape index (κ1) is 9.56. The van der Waals surface area contributed by atoms with E-state index >= 15 is 0 Å². The van der Waals surface area contributed by atoms with Crippen molar-refractivity contribution in [1.29, 1.82) is 0 Å². The molecule has 0 spiro atoms. The summed E-state index contributed by atoms with van der Waals surface area (Å²) in [6.45, 7) is 2.46. The van der Waals surface area contributed by atoms with E-state index in [0.29, 0.717) is 0 Å². The quantitative estimate of drug-likeness (QED) is 0.728. The minimum Gasteiger partial charge on any atom is -0.475 e. The van der Waals surface area contributed by atoms with Crippen molar-refractivity contribution in [3.63, 3.8) is 0 Å². The predicted octanol–water partition coefficient (Wildman–Crippen LogP) is 0.119. The molecule has 7 heteroatoms. The Morgan fingerprint density at radius 2 is 2.31 bits per heavy atom. The third-order valence-electron chi connectivity index (χ3n) is 1.25. The maximum Gasteiger partial charge on any atom is 0.375 e. The number of hydrogen-bond donors (Lipinski definition) is 1. The van der Waals surface area contributed by atoms with Gasteiger partial charge in [-0.3, -0.25) is 0 Å². The Bertz CT molecular complexity index is 317. The summed E-state index contributed by atoms with van der Waals surface area (Å²) >= 11 is 0. The molecule has 1 N–H and O–H groups in total. The van der Waals surface area contributed by atoms with E-state index in [9.17, 15) is 9.18 Å². The van der Waals surface area contributed by atoms with Crippen molar-refractivity contribution >= 4 is 5.97 Å². The summed E-state index contributed by atoms with van der Waals surface area (Å²) in [6.07, 6.45) is 0. The lowest BCUT2D eigenvalue weighted by Crippen LogP contribution is -2.24. The number of nitrogens with zero attached hydrogens (tertiary/aromatic N) is 4. The fraction of sp³-hybridized carbons (Fsp3) is 0.667. The highest BCUT2D eigenvalue weighted by Crippen LogP contribution is 2.11. The summed E-state index contributed by atoms with van der Waals surface area (Å²) in [5, 5.41) is 18.3. The van der Waals surface area contributed by atoms with E-state index in [0.717, 1.165) is 4.68 Å². The van der Waals surface area contributed by atoms with Crippen LogP contribution in [0.5, 0.6) is 0 Å². The average molecular weight is 188 g/mol. The van der Waals surface area contributed by atoms with Gasteiger partial charge in [0.1, 0.15) is 5.67 Å². The minimum absolute atomic E-state index is 0.179. The average Bonchev–Trinajstić information content (AvgIpc) is 2.31. The SMILES string of the molecule is CC(C)(F)Cn1nnnc1C(=O)O. The van der Waals surface area contributed by atoms with E-state index in [-0.39, 0.29) is 12.4 Å². The van der Waals surface area contributed by atoms with Gasteiger partial charge in [0, 0.05) is 0 Å². The number of aromatic carboxylic acids is 1. The molecule has 0 saturated heterocycles. The van der Waals surface area contributed by atoms with Gasteiger partial charge in [-0.15, -0.1) is 5.10 Å². The molecular weight excluding hydrogens is 179 g/mol. The lowest BCUT2D eigenvalue weighted by Gasteiger charge is -2.12. The number of hydrogen-bond acceptors (Lipinski definition) is 4. The molecule has 1 aromatic heterocycles. The van der Waals surface area contributed by atoms with Crippen molar-refractivity contribution in [3.05, 3.63) is 5.82 Å². The zero-order valence-corrected chi connectivity index (χ0v) is 7.23. The van der Waals surface area contributed by atoms with Crippen molar-refractivity contribution in [1.82, 2.24) is 20.2 Å². The molecule has 13 heavy (non-hydrogen) atoms. The fourth-order valence-corrected chi connectivity index (χ4v) is 0.820. The van der Waals surface area contributed by atoms with E-state index in [1.807, 2.05) is 0 Å². The molecule has 0 saturated carbocycles. The first-order valence-electron chi connectivity index (χ1n) is 3.58. The number of tetrazole rings is 1. The molecule has 0 aromatic carbocycles. The Labute approximate surface area is 73.4 Å². The second-order valence-electron chi connectivity index (χ2n) is 3.18.